The molecule has 3 heterocycles. The number of methoxy groups -OCH3 is 1. The number of nitriles is 1. The highest BCUT2D eigenvalue weighted by molar-refractivity contribution is 7.98. The Morgan fingerprint density at radius 1 is 1.04 bits per heavy atom. The Hall–Kier alpha value is -4.53. The molecule has 0 N–H and O–H groups in total. The third-order valence-corrected chi connectivity index (χ3v) is 8.80. The molecule has 2 aliphatic heterocycles. The van der Waals surface area contributed by atoms with Crippen LogP contribution >= 0.6 is 11.8 Å². The van der Waals surface area contributed by atoms with Gasteiger partial charge in [0.15, 0.2) is 11.9 Å². The number of hydrogen-bond acceptors (Lipinski definition) is 10. The molecule has 6 rings (SSSR count). The highest BCUT2D eigenvalue weighted by atomic mass is 32.2. The molecule has 0 spiro atoms. The van der Waals surface area contributed by atoms with Crippen LogP contribution < -0.4 is 14.5 Å². The molecular formula is C34H36N6O4S. The van der Waals surface area contributed by atoms with Crippen LogP contribution in [0.1, 0.15) is 23.2 Å². The van der Waals surface area contributed by atoms with Gasteiger partial charge in [0.25, 0.3) is 0 Å². The quantitative estimate of drug-likeness (QED) is 0.132. The lowest BCUT2D eigenvalue weighted by molar-refractivity contribution is 0.0512. The second-order valence-corrected chi connectivity index (χ2v) is 11.8. The second-order valence-electron chi connectivity index (χ2n) is 11.0. The summed E-state index contributed by atoms with van der Waals surface area (Å²) >= 11 is 1.51. The molecule has 0 saturated carbocycles. The van der Waals surface area contributed by atoms with Gasteiger partial charge in [-0.15, -0.1) is 0 Å². The molecule has 1 atom stereocenters. The van der Waals surface area contributed by atoms with Crippen molar-refractivity contribution in [3.63, 3.8) is 0 Å². The van der Waals surface area contributed by atoms with E-state index in [1.165, 1.54) is 11.8 Å². The Balaban J connectivity index is 1.24. The maximum absolute atomic E-state index is 13.1. The van der Waals surface area contributed by atoms with Crippen molar-refractivity contribution in [1.82, 2.24) is 14.9 Å². The minimum atomic E-state index is -0.396. The molecule has 11 heteroatoms. The highest BCUT2D eigenvalue weighted by Crippen LogP contribution is 2.37. The van der Waals surface area contributed by atoms with Gasteiger partial charge in [-0.2, -0.15) is 5.26 Å². The lowest BCUT2D eigenvalue weighted by Gasteiger charge is -2.42. The number of fused-ring (bicyclic) bond motifs is 2. The number of thioether (sulfide) groups is 1. The van der Waals surface area contributed by atoms with E-state index < -0.39 is 6.09 Å². The van der Waals surface area contributed by atoms with Gasteiger partial charge in [-0.1, -0.05) is 66.4 Å². The van der Waals surface area contributed by atoms with Gasteiger partial charge in [-0.3, -0.25) is 0 Å². The number of carbonyl (C=O) groups is 1. The van der Waals surface area contributed by atoms with Gasteiger partial charge < -0.3 is 28.9 Å². The molecule has 0 unspecified atom stereocenters. The van der Waals surface area contributed by atoms with E-state index >= 15 is 0 Å². The third kappa shape index (κ3) is 6.77. The van der Waals surface area contributed by atoms with Crippen molar-refractivity contribution in [2.75, 3.05) is 56.1 Å². The zero-order valence-corrected chi connectivity index (χ0v) is 26.3. The summed E-state index contributed by atoms with van der Waals surface area (Å²) in [5.74, 6) is 1.65. The van der Waals surface area contributed by atoms with Gasteiger partial charge in [0.05, 0.1) is 30.8 Å². The lowest BCUT2D eigenvalue weighted by atomic mass is 10.0. The first-order valence-electron chi connectivity index (χ1n) is 15.0. The molecule has 1 saturated heterocycles. The topological polar surface area (TPSA) is 104 Å². The Kier molecular flexibility index (Phi) is 9.52. The minimum Gasteiger partial charge on any atom is -0.467 e. The molecule has 1 fully saturated rings. The molecule has 232 valence electrons. The van der Waals surface area contributed by atoms with Crippen LogP contribution in [-0.4, -0.2) is 73.3 Å². The number of benzene rings is 3. The van der Waals surface area contributed by atoms with E-state index in [0.29, 0.717) is 31.3 Å². The van der Waals surface area contributed by atoms with E-state index in [9.17, 15) is 10.1 Å². The standard InChI is InChI=1S/C34H36N6O4S/c1-42-23-44-27-18-25-10-6-7-11-28(25)31(19-27)38-15-13-29-30(21-38)36-33(45-2)37-32(29)39-16-17-40(26(20-39)12-14-35)34(41)43-22-24-8-4-3-5-9-24/h3-11,18-19,26H,12-13,15-17,20-23H2,1-2H3/t26-/m0/s1. The Morgan fingerprint density at radius 2 is 1.87 bits per heavy atom. The average molecular weight is 625 g/mol. The first-order valence-corrected chi connectivity index (χ1v) is 16.2. The molecule has 4 aromatic rings. The lowest BCUT2D eigenvalue weighted by Crippen LogP contribution is -2.55. The van der Waals surface area contributed by atoms with Crippen LogP contribution in [0.25, 0.3) is 10.8 Å². The van der Waals surface area contributed by atoms with Crippen LogP contribution in [-0.2, 0) is 29.0 Å². The fraction of sp³-hybridized carbons (Fsp3) is 0.353. The highest BCUT2D eigenvalue weighted by Gasteiger charge is 2.34. The normalized spacial score (nSPS) is 16.3. The van der Waals surface area contributed by atoms with Gasteiger partial charge in [0.2, 0.25) is 0 Å². The number of rotatable bonds is 9. The van der Waals surface area contributed by atoms with Crippen molar-refractivity contribution in [3.8, 4) is 11.8 Å². The molecule has 0 bridgehead atoms. The first-order chi connectivity index (χ1) is 22.1. The monoisotopic (exact) mass is 624 g/mol. The number of carbonyl (C=O) groups excluding carboxylic acids is 1. The number of ether oxygens (including phenoxy) is 3. The number of anilines is 2. The van der Waals surface area contributed by atoms with E-state index in [2.05, 4.69) is 40.1 Å². The van der Waals surface area contributed by atoms with Gasteiger partial charge in [-0.25, -0.2) is 14.8 Å². The summed E-state index contributed by atoms with van der Waals surface area (Å²) in [6, 6.07) is 24.0. The Labute approximate surface area is 267 Å². The molecular weight excluding hydrogens is 588 g/mol. The molecule has 45 heavy (non-hydrogen) atoms. The fourth-order valence-electron chi connectivity index (χ4n) is 6.05. The summed E-state index contributed by atoms with van der Waals surface area (Å²) in [5, 5.41) is 12.6. The molecule has 0 aliphatic carbocycles. The molecule has 1 aromatic heterocycles. The van der Waals surface area contributed by atoms with Crippen molar-refractivity contribution in [3.05, 3.63) is 83.6 Å². The number of hydrogen-bond donors (Lipinski definition) is 0. The number of nitrogens with zero attached hydrogens (tertiary/aromatic N) is 6. The second kappa shape index (κ2) is 14.1. The van der Waals surface area contributed by atoms with E-state index in [0.717, 1.165) is 57.8 Å². The van der Waals surface area contributed by atoms with Crippen molar-refractivity contribution in [2.45, 2.75) is 37.2 Å². The predicted octanol–water partition coefficient (Wildman–Crippen LogP) is 5.64. The van der Waals surface area contributed by atoms with E-state index in [1.54, 1.807) is 12.0 Å². The van der Waals surface area contributed by atoms with Crippen molar-refractivity contribution < 1.29 is 19.0 Å². The number of piperazine rings is 1. The molecule has 2 aliphatic rings. The largest absolute Gasteiger partial charge is 0.467 e. The van der Waals surface area contributed by atoms with Crippen molar-refractivity contribution in [2.24, 2.45) is 0 Å². The summed E-state index contributed by atoms with van der Waals surface area (Å²) < 4.78 is 16.6. The van der Waals surface area contributed by atoms with E-state index in [4.69, 9.17) is 24.2 Å². The van der Waals surface area contributed by atoms with E-state index in [-0.39, 0.29) is 25.9 Å². The maximum atomic E-state index is 13.1. The predicted molar refractivity (Wildman–Crippen MR) is 175 cm³/mol. The van der Waals surface area contributed by atoms with Crippen LogP contribution in [0.4, 0.5) is 16.3 Å². The zero-order chi connectivity index (χ0) is 31.2. The van der Waals surface area contributed by atoms with Crippen molar-refractivity contribution in [1.29, 1.82) is 5.26 Å². The zero-order valence-electron chi connectivity index (χ0n) is 25.5. The van der Waals surface area contributed by atoms with Gasteiger partial charge in [0, 0.05) is 56.0 Å². The minimum absolute atomic E-state index is 0.180. The van der Waals surface area contributed by atoms with Crippen LogP contribution in [0.15, 0.2) is 71.9 Å². The maximum Gasteiger partial charge on any atom is 0.410 e. The first kappa shape index (κ1) is 30.5. The van der Waals surface area contributed by atoms with E-state index in [1.807, 2.05) is 48.7 Å². The SMILES string of the molecule is COCOc1cc(N2CCc3c(nc(SC)nc3N3CCN(C(=O)OCc4ccccc4)[C@@H](CC#N)C3)C2)c2ccccc2c1. The number of aromatic nitrogens is 2. The summed E-state index contributed by atoms with van der Waals surface area (Å²) in [6.45, 7) is 3.32. The smallest absolute Gasteiger partial charge is 0.410 e. The Bertz CT molecular complexity index is 1700. The summed E-state index contributed by atoms with van der Waals surface area (Å²) in [5.41, 5.74) is 4.13. The van der Waals surface area contributed by atoms with Crippen LogP contribution in [0.5, 0.6) is 5.75 Å². The summed E-state index contributed by atoms with van der Waals surface area (Å²) in [7, 11) is 1.62. The van der Waals surface area contributed by atoms with Gasteiger partial charge in [0.1, 0.15) is 18.2 Å². The molecule has 3 aromatic carbocycles. The molecule has 10 nitrogen and oxygen atoms in total. The Morgan fingerprint density at radius 3 is 2.67 bits per heavy atom. The van der Waals surface area contributed by atoms with Crippen LogP contribution in [0, 0.1) is 11.3 Å². The van der Waals surface area contributed by atoms with Crippen molar-refractivity contribution >= 4 is 40.1 Å². The van der Waals surface area contributed by atoms with Gasteiger partial charge in [-0.05, 0) is 29.7 Å². The number of amides is 1. The van der Waals surface area contributed by atoms with Crippen LogP contribution in [0.2, 0.25) is 0 Å². The van der Waals surface area contributed by atoms with Gasteiger partial charge >= 0.3 is 6.09 Å². The molecule has 1 amide bonds. The third-order valence-electron chi connectivity index (χ3n) is 8.25. The fourth-order valence-corrected chi connectivity index (χ4v) is 6.43. The molecule has 0 radical (unpaired) electrons. The summed E-state index contributed by atoms with van der Waals surface area (Å²) in [4.78, 5) is 29.3. The average Bonchev–Trinajstić information content (AvgIpc) is 3.09. The van der Waals surface area contributed by atoms with Crippen LogP contribution in [0.3, 0.4) is 0 Å². The summed E-state index contributed by atoms with van der Waals surface area (Å²) in [6.07, 6.45) is 2.56.